The van der Waals surface area contributed by atoms with Gasteiger partial charge >= 0.3 is 0 Å². The number of piperazine rings is 1. The second-order valence-electron chi connectivity index (χ2n) is 5.70. The first kappa shape index (κ1) is 15.3. The maximum Gasteiger partial charge on any atom is 0.0367 e. The quantitative estimate of drug-likeness (QED) is 0.825. The molecular weight excluding hydrogens is 246 g/mol. The Hall–Kier alpha value is -1.06. The van der Waals surface area contributed by atoms with Crippen molar-refractivity contribution in [3.05, 3.63) is 30.3 Å². The van der Waals surface area contributed by atoms with Gasteiger partial charge in [0.1, 0.15) is 0 Å². The molecule has 2 rings (SSSR count). The molecule has 0 aliphatic carbocycles. The summed E-state index contributed by atoms with van der Waals surface area (Å²) in [4.78, 5) is 5.11. The van der Waals surface area contributed by atoms with E-state index in [4.69, 9.17) is 0 Å². The number of benzene rings is 1. The van der Waals surface area contributed by atoms with Gasteiger partial charge in [-0.05, 0) is 45.0 Å². The fraction of sp³-hybridized carbons (Fsp3) is 0.647. The van der Waals surface area contributed by atoms with Crippen LogP contribution in [0.25, 0.3) is 0 Å². The van der Waals surface area contributed by atoms with E-state index in [1.807, 2.05) is 0 Å². The molecule has 1 saturated heterocycles. The Morgan fingerprint density at radius 3 is 2.40 bits per heavy atom. The third kappa shape index (κ3) is 4.50. The molecule has 1 aliphatic rings. The van der Waals surface area contributed by atoms with Crippen LogP contribution in [0, 0.1) is 0 Å². The van der Waals surface area contributed by atoms with E-state index in [1.54, 1.807) is 0 Å². The monoisotopic (exact) mass is 275 g/mol. The number of nitrogens with one attached hydrogen (secondary N) is 1. The first-order valence-corrected chi connectivity index (χ1v) is 8.03. The van der Waals surface area contributed by atoms with Crippen molar-refractivity contribution in [1.29, 1.82) is 0 Å². The predicted molar refractivity (Wildman–Crippen MR) is 87.5 cm³/mol. The van der Waals surface area contributed by atoms with E-state index in [-0.39, 0.29) is 0 Å². The highest BCUT2D eigenvalue weighted by Crippen LogP contribution is 2.15. The average Bonchev–Trinajstić information content (AvgIpc) is 2.53. The molecule has 1 aromatic carbocycles. The molecule has 0 aromatic heterocycles. The largest absolute Gasteiger partial charge is 0.369 e. The van der Waals surface area contributed by atoms with Crippen LogP contribution in [0.5, 0.6) is 0 Å². The van der Waals surface area contributed by atoms with Crippen LogP contribution in [-0.2, 0) is 0 Å². The van der Waals surface area contributed by atoms with E-state index in [0.717, 1.165) is 13.1 Å². The number of para-hydroxylation sites is 1. The van der Waals surface area contributed by atoms with Crippen molar-refractivity contribution in [3.63, 3.8) is 0 Å². The van der Waals surface area contributed by atoms with Crippen molar-refractivity contribution < 1.29 is 0 Å². The molecule has 0 saturated carbocycles. The molecule has 0 amide bonds. The highest BCUT2D eigenvalue weighted by atomic mass is 15.3. The maximum absolute atomic E-state index is 3.39. The SMILES string of the molecule is CCC(CCCN1CCN(c2ccccc2)CC1)NC. The lowest BCUT2D eigenvalue weighted by atomic mass is 10.1. The molecule has 0 radical (unpaired) electrons. The Morgan fingerprint density at radius 1 is 1.10 bits per heavy atom. The molecule has 1 heterocycles. The molecule has 1 unspecified atom stereocenters. The van der Waals surface area contributed by atoms with Crippen molar-refractivity contribution in [1.82, 2.24) is 10.2 Å². The molecule has 0 bridgehead atoms. The fourth-order valence-electron chi connectivity index (χ4n) is 2.98. The summed E-state index contributed by atoms with van der Waals surface area (Å²) < 4.78 is 0. The van der Waals surface area contributed by atoms with Crippen LogP contribution in [0.3, 0.4) is 0 Å². The minimum Gasteiger partial charge on any atom is -0.369 e. The summed E-state index contributed by atoms with van der Waals surface area (Å²) in [7, 11) is 2.08. The second-order valence-corrected chi connectivity index (χ2v) is 5.70. The Balaban J connectivity index is 1.67. The number of hydrogen-bond donors (Lipinski definition) is 1. The zero-order valence-electron chi connectivity index (χ0n) is 13.0. The van der Waals surface area contributed by atoms with E-state index < -0.39 is 0 Å². The van der Waals surface area contributed by atoms with Crippen molar-refractivity contribution >= 4 is 5.69 Å². The molecule has 1 atom stereocenters. The van der Waals surface area contributed by atoms with Gasteiger partial charge in [-0.25, -0.2) is 0 Å². The Labute approximate surface area is 124 Å². The van der Waals surface area contributed by atoms with Crippen LogP contribution in [0.1, 0.15) is 26.2 Å². The van der Waals surface area contributed by atoms with Crippen LogP contribution in [0.4, 0.5) is 5.69 Å². The molecule has 3 nitrogen and oxygen atoms in total. The summed E-state index contributed by atoms with van der Waals surface area (Å²) in [6.45, 7) is 8.23. The minimum absolute atomic E-state index is 0.695. The van der Waals surface area contributed by atoms with Gasteiger partial charge in [0.2, 0.25) is 0 Å². The topological polar surface area (TPSA) is 18.5 Å². The molecule has 1 fully saturated rings. The molecule has 0 spiro atoms. The first-order valence-electron chi connectivity index (χ1n) is 8.03. The van der Waals surface area contributed by atoms with Gasteiger partial charge in [0.25, 0.3) is 0 Å². The van der Waals surface area contributed by atoms with Crippen molar-refractivity contribution in [2.75, 3.05) is 44.7 Å². The lowest BCUT2D eigenvalue weighted by molar-refractivity contribution is 0.248. The van der Waals surface area contributed by atoms with Gasteiger partial charge in [-0.2, -0.15) is 0 Å². The third-order valence-corrected chi connectivity index (χ3v) is 4.42. The zero-order chi connectivity index (χ0) is 14.2. The average molecular weight is 275 g/mol. The number of nitrogens with zero attached hydrogens (tertiary/aromatic N) is 2. The van der Waals surface area contributed by atoms with Gasteiger partial charge in [-0.3, -0.25) is 4.90 Å². The number of rotatable bonds is 7. The second kappa shape index (κ2) is 8.28. The van der Waals surface area contributed by atoms with Crippen molar-refractivity contribution in [2.45, 2.75) is 32.2 Å². The summed E-state index contributed by atoms with van der Waals surface area (Å²) in [5, 5.41) is 3.39. The predicted octanol–water partition coefficient (Wildman–Crippen LogP) is 2.59. The normalized spacial score (nSPS) is 18.2. The van der Waals surface area contributed by atoms with Crippen molar-refractivity contribution in [2.24, 2.45) is 0 Å². The first-order chi connectivity index (χ1) is 9.83. The van der Waals surface area contributed by atoms with Gasteiger partial charge in [0.15, 0.2) is 0 Å². The Bertz CT molecular complexity index is 354. The zero-order valence-corrected chi connectivity index (χ0v) is 13.0. The highest BCUT2D eigenvalue weighted by Gasteiger charge is 2.16. The lowest BCUT2D eigenvalue weighted by Gasteiger charge is -2.36. The smallest absolute Gasteiger partial charge is 0.0367 e. The molecule has 1 aliphatic heterocycles. The maximum atomic E-state index is 3.39. The van der Waals surface area contributed by atoms with Crippen LogP contribution in [-0.4, -0.2) is 50.7 Å². The van der Waals surface area contributed by atoms with Crippen molar-refractivity contribution in [3.8, 4) is 0 Å². The molecule has 1 N–H and O–H groups in total. The van der Waals surface area contributed by atoms with Crippen LogP contribution >= 0.6 is 0 Å². The van der Waals surface area contributed by atoms with E-state index in [9.17, 15) is 0 Å². The van der Waals surface area contributed by atoms with E-state index in [2.05, 4.69) is 59.4 Å². The number of hydrogen-bond acceptors (Lipinski definition) is 3. The summed E-state index contributed by atoms with van der Waals surface area (Å²) in [5.41, 5.74) is 1.37. The van der Waals surface area contributed by atoms with Crippen LogP contribution < -0.4 is 10.2 Å². The molecular formula is C17H29N3. The number of anilines is 1. The van der Waals surface area contributed by atoms with Gasteiger partial charge in [-0.1, -0.05) is 25.1 Å². The molecule has 3 heteroatoms. The molecule has 112 valence electrons. The van der Waals surface area contributed by atoms with Gasteiger partial charge in [-0.15, -0.1) is 0 Å². The van der Waals surface area contributed by atoms with Crippen LogP contribution in [0.15, 0.2) is 30.3 Å². The van der Waals surface area contributed by atoms with Gasteiger partial charge in [0.05, 0.1) is 0 Å². The fourth-order valence-corrected chi connectivity index (χ4v) is 2.98. The van der Waals surface area contributed by atoms with E-state index in [1.165, 1.54) is 44.6 Å². The van der Waals surface area contributed by atoms with E-state index >= 15 is 0 Å². The van der Waals surface area contributed by atoms with E-state index in [0.29, 0.717) is 6.04 Å². The summed E-state index contributed by atoms with van der Waals surface area (Å²) in [6.07, 6.45) is 3.84. The molecule has 20 heavy (non-hydrogen) atoms. The highest BCUT2D eigenvalue weighted by molar-refractivity contribution is 5.46. The van der Waals surface area contributed by atoms with Gasteiger partial charge in [0, 0.05) is 37.9 Å². The van der Waals surface area contributed by atoms with Gasteiger partial charge < -0.3 is 10.2 Å². The minimum atomic E-state index is 0.695. The standard InChI is InChI=1S/C17H29N3/c1-3-16(18-2)8-7-11-19-12-14-20(15-13-19)17-9-5-4-6-10-17/h4-6,9-10,16,18H,3,7-8,11-15H2,1-2H3. The summed E-state index contributed by atoms with van der Waals surface area (Å²) in [6, 6.07) is 11.5. The third-order valence-electron chi connectivity index (χ3n) is 4.42. The lowest BCUT2D eigenvalue weighted by Crippen LogP contribution is -2.46. The summed E-state index contributed by atoms with van der Waals surface area (Å²) >= 11 is 0. The summed E-state index contributed by atoms with van der Waals surface area (Å²) in [5.74, 6) is 0. The molecule has 1 aromatic rings. The Morgan fingerprint density at radius 2 is 1.80 bits per heavy atom. The van der Waals surface area contributed by atoms with Crippen LogP contribution in [0.2, 0.25) is 0 Å². The Kier molecular flexibility index (Phi) is 6.34.